The molecule has 6 heteroatoms. The minimum absolute atomic E-state index is 0.0201. The number of aliphatic hydroxyl groups excluding tert-OH is 2. The maximum atomic E-state index is 12.4. The fraction of sp³-hybridized carbons (Fsp3) is 0.887. The van der Waals surface area contributed by atoms with Crippen molar-refractivity contribution in [2.75, 3.05) is 13.2 Å². The first kappa shape index (κ1) is 57.3. The zero-order chi connectivity index (χ0) is 43.0. The SMILES string of the molecule is CCCCCC/C=C\CCCCCCCC(=O)OCCCCCCCCCCCCCCC(=O)NC(CO)C(O)/C=C/CCCCCCCCCCCCCCCCC. The summed E-state index contributed by atoms with van der Waals surface area (Å²) in [6.45, 7) is 4.85. The zero-order valence-electron chi connectivity index (χ0n) is 39.5. The van der Waals surface area contributed by atoms with Gasteiger partial charge in [0.2, 0.25) is 5.91 Å². The number of amides is 1. The van der Waals surface area contributed by atoms with Crippen LogP contribution in [0.15, 0.2) is 24.3 Å². The highest BCUT2D eigenvalue weighted by Crippen LogP contribution is 2.16. The molecule has 2 atom stereocenters. The Hall–Kier alpha value is -1.66. The van der Waals surface area contributed by atoms with Gasteiger partial charge in [-0.1, -0.05) is 231 Å². The molecular weight excluding hydrogens is 731 g/mol. The lowest BCUT2D eigenvalue weighted by atomic mass is 10.0. The molecule has 348 valence electrons. The summed E-state index contributed by atoms with van der Waals surface area (Å²) in [5, 5.41) is 23.1. The van der Waals surface area contributed by atoms with E-state index >= 15 is 0 Å². The number of hydrogen-bond acceptors (Lipinski definition) is 5. The lowest BCUT2D eigenvalue weighted by Crippen LogP contribution is -2.45. The van der Waals surface area contributed by atoms with Crippen molar-refractivity contribution in [3.63, 3.8) is 0 Å². The second-order valence-electron chi connectivity index (χ2n) is 17.9. The van der Waals surface area contributed by atoms with Crippen molar-refractivity contribution in [1.82, 2.24) is 5.32 Å². The van der Waals surface area contributed by atoms with E-state index in [9.17, 15) is 19.8 Å². The summed E-state index contributed by atoms with van der Waals surface area (Å²) in [7, 11) is 0. The highest BCUT2D eigenvalue weighted by Gasteiger charge is 2.18. The summed E-state index contributed by atoms with van der Waals surface area (Å²) in [4.78, 5) is 24.4. The second-order valence-corrected chi connectivity index (χ2v) is 17.9. The Morgan fingerprint density at radius 1 is 0.458 bits per heavy atom. The topological polar surface area (TPSA) is 95.9 Å². The molecule has 0 spiro atoms. The Labute approximate surface area is 367 Å². The Balaban J connectivity index is 3.51. The summed E-state index contributed by atoms with van der Waals surface area (Å²) in [6.07, 6.45) is 57.4. The van der Waals surface area contributed by atoms with E-state index in [2.05, 4.69) is 31.3 Å². The van der Waals surface area contributed by atoms with Crippen molar-refractivity contribution in [3.8, 4) is 0 Å². The van der Waals surface area contributed by atoms with Gasteiger partial charge in [0.05, 0.1) is 25.4 Å². The van der Waals surface area contributed by atoms with Crippen LogP contribution in [-0.4, -0.2) is 47.4 Å². The Morgan fingerprint density at radius 3 is 1.22 bits per heavy atom. The number of aliphatic hydroxyl groups is 2. The maximum Gasteiger partial charge on any atom is 0.305 e. The normalized spacial score (nSPS) is 12.8. The van der Waals surface area contributed by atoms with Crippen LogP contribution in [0.5, 0.6) is 0 Å². The fourth-order valence-electron chi connectivity index (χ4n) is 7.92. The van der Waals surface area contributed by atoms with Gasteiger partial charge in [-0.15, -0.1) is 0 Å². The molecule has 0 bridgehead atoms. The zero-order valence-corrected chi connectivity index (χ0v) is 39.5. The Morgan fingerprint density at radius 2 is 0.797 bits per heavy atom. The lowest BCUT2D eigenvalue weighted by Gasteiger charge is -2.20. The molecule has 0 aliphatic heterocycles. The summed E-state index contributed by atoms with van der Waals surface area (Å²) in [5.41, 5.74) is 0. The molecule has 0 aromatic carbocycles. The van der Waals surface area contributed by atoms with Gasteiger partial charge >= 0.3 is 5.97 Å². The third-order valence-corrected chi connectivity index (χ3v) is 12.0. The Bertz CT molecular complexity index is 920. The van der Waals surface area contributed by atoms with Crippen LogP contribution in [0.1, 0.15) is 277 Å². The van der Waals surface area contributed by atoms with Crippen molar-refractivity contribution < 1.29 is 24.5 Å². The molecule has 59 heavy (non-hydrogen) atoms. The number of ether oxygens (including phenoxy) is 1. The molecule has 0 aromatic rings. The van der Waals surface area contributed by atoms with Crippen LogP contribution in [0.25, 0.3) is 0 Å². The molecular formula is C53H101NO5. The molecule has 0 aromatic heterocycles. The quantitative estimate of drug-likeness (QED) is 0.0322. The molecule has 6 nitrogen and oxygen atoms in total. The van der Waals surface area contributed by atoms with Crippen molar-refractivity contribution in [3.05, 3.63) is 24.3 Å². The van der Waals surface area contributed by atoms with E-state index in [4.69, 9.17) is 4.74 Å². The predicted octanol–water partition coefficient (Wildman–Crippen LogP) is 15.5. The summed E-state index contributed by atoms with van der Waals surface area (Å²) in [5.74, 6) is -0.103. The van der Waals surface area contributed by atoms with Crippen LogP contribution in [-0.2, 0) is 14.3 Å². The van der Waals surface area contributed by atoms with E-state index in [0.29, 0.717) is 19.4 Å². The third kappa shape index (κ3) is 45.7. The molecule has 0 saturated heterocycles. The molecule has 0 heterocycles. The molecule has 0 fully saturated rings. The first-order chi connectivity index (χ1) is 29.0. The molecule has 0 aliphatic rings. The number of carbonyl (C=O) groups is 2. The number of carbonyl (C=O) groups excluding carboxylic acids is 2. The van der Waals surface area contributed by atoms with Crippen LogP contribution < -0.4 is 5.32 Å². The number of nitrogens with one attached hydrogen (secondary N) is 1. The van der Waals surface area contributed by atoms with Gasteiger partial charge in [-0.2, -0.15) is 0 Å². The van der Waals surface area contributed by atoms with Crippen molar-refractivity contribution in [2.45, 2.75) is 289 Å². The van der Waals surface area contributed by atoms with E-state index in [1.54, 1.807) is 6.08 Å². The molecule has 2 unspecified atom stereocenters. The minimum Gasteiger partial charge on any atom is -0.466 e. The average Bonchev–Trinajstić information content (AvgIpc) is 3.24. The molecule has 3 N–H and O–H groups in total. The fourth-order valence-corrected chi connectivity index (χ4v) is 7.92. The molecule has 0 aliphatic carbocycles. The summed E-state index contributed by atoms with van der Waals surface area (Å²) in [6, 6.07) is -0.639. The number of hydrogen-bond donors (Lipinski definition) is 3. The lowest BCUT2D eigenvalue weighted by molar-refractivity contribution is -0.143. The number of allylic oxidation sites excluding steroid dienone is 3. The van der Waals surface area contributed by atoms with Gasteiger partial charge in [0.15, 0.2) is 0 Å². The van der Waals surface area contributed by atoms with Gasteiger partial charge in [-0.3, -0.25) is 9.59 Å². The van der Waals surface area contributed by atoms with Gasteiger partial charge in [0.1, 0.15) is 0 Å². The van der Waals surface area contributed by atoms with Crippen LogP contribution in [0.3, 0.4) is 0 Å². The molecule has 1 amide bonds. The van der Waals surface area contributed by atoms with Crippen LogP contribution >= 0.6 is 0 Å². The van der Waals surface area contributed by atoms with Gasteiger partial charge in [-0.05, 0) is 57.8 Å². The average molecular weight is 832 g/mol. The monoisotopic (exact) mass is 832 g/mol. The van der Waals surface area contributed by atoms with Crippen molar-refractivity contribution in [1.29, 1.82) is 0 Å². The van der Waals surface area contributed by atoms with Crippen LogP contribution in [0.4, 0.5) is 0 Å². The van der Waals surface area contributed by atoms with E-state index < -0.39 is 12.1 Å². The number of unbranched alkanes of at least 4 members (excludes halogenated alkanes) is 35. The number of esters is 1. The van der Waals surface area contributed by atoms with E-state index in [-0.39, 0.29) is 18.5 Å². The van der Waals surface area contributed by atoms with Crippen molar-refractivity contribution >= 4 is 11.9 Å². The maximum absolute atomic E-state index is 12.4. The summed E-state index contributed by atoms with van der Waals surface area (Å²) < 4.78 is 5.45. The van der Waals surface area contributed by atoms with E-state index in [0.717, 1.165) is 57.8 Å². The second kappa shape index (κ2) is 49.0. The standard InChI is InChI=1S/C53H101NO5/c1-3-5-7-9-11-13-15-17-18-19-20-22-25-29-33-37-41-45-51(56)50(49-55)54-52(57)46-42-38-34-30-26-23-24-28-32-36-40-44-48-59-53(58)47-43-39-35-31-27-21-16-14-12-10-8-6-4-2/h14,16,41,45,50-51,55-56H,3-13,15,17-40,42-44,46-49H2,1-2H3,(H,54,57)/b16-14-,45-41+. The molecule has 0 rings (SSSR count). The van der Waals surface area contributed by atoms with Gasteiger partial charge < -0.3 is 20.3 Å². The van der Waals surface area contributed by atoms with E-state index in [1.807, 2.05) is 6.08 Å². The third-order valence-electron chi connectivity index (χ3n) is 12.0. The summed E-state index contributed by atoms with van der Waals surface area (Å²) >= 11 is 0. The largest absolute Gasteiger partial charge is 0.466 e. The van der Waals surface area contributed by atoms with Gasteiger partial charge in [-0.25, -0.2) is 0 Å². The van der Waals surface area contributed by atoms with Gasteiger partial charge in [0.25, 0.3) is 0 Å². The first-order valence-electron chi connectivity index (χ1n) is 26.1. The van der Waals surface area contributed by atoms with Crippen LogP contribution in [0.2, 0.25) is 0 Å². The molecule has 0 radical (unpaired) electrons. The van der Waals surface area contributed by atoms with Gasteiger partial charge in [0, 0.05) is 12.8 Å². The number of rotatable bonds is 48. The van der Waals surface area contributed by atoms with E-state index in [1.165, 1.54) is 193 Å². The highest BCUT2D eigenvalue weighted by molar-refractivity contribution is 5.76. The highest BCUT2D eigenvalue weighted by atomic mass is 16.5. The predicted molar refractivity (Wildman–Crippen MR) is 255 cm³/mol. The smallest absolute Gasteiger partial charge is 0.305 e. The first-order valence-corrected chi connectivity index (χ1v) is 26.1. The van der Waals surface area contributed by atoms with Crippen LogP contribution in [0, 0.1) is 0 Å². The Kier molecular flexibility index (Phi) is 47.6. The van der Waals surface area contributed by atoms with Crippen molar-refractivity contribution in [2.24, 2.45) is 0 Å². The molecule has 0 saturated carbocycles. The minimum atomic E-state index is -0.854.